The number of benzene rings is 2. The molecule has 1 N–H and O–H groups in total. The molecule has 3 rings (SSSR count). The molecule has 0 bridgehead atoms. The van der Waals surface area contributed by atoms with Gasteiger partial charge in [0.15, 0.2) is 11.0 Å². The number of halogens is 3. The third kappa shape index (κ3) is 4.72. The Morgan fingerprint density at radius 1 is 1.19 bits per heavy atom. The SMILES string of the molecule is CCn1c(SCC(=O)Nc2ccc(F)cc2F)nnc1-c1ccc(Br)cc1. The predicted octanol–water partition coefficient (Wildman–Crippen LogP) is 4.74. The van der Waals surface area contributed by atoms with Crippen LogP contribution < -0.4 is 5.32 Å². The van der Waals surface area contributed by atoms with E-state index >= 15 is 0 Å². The standard InChI is InChI=1S/C18H15BrF2N4OS/c1-2-25-17(11-3-5-12(19)6-4-11)23-24-18(25)27-10-16(26)22-15-8-7-13(20)9-14(15)21/h3-9H,2,10H2,1H3,(H,22,26). The normalized spacial score (nSPS) is 10.8. The maximum atomic E-state index is 13.6. The van der Waals surface area contributed by atoms with Gasteiger partial charge in [0.2, 0.25) is 5.91 Å². The predicted molar refractivity (Wildman–Crippen MR) is 105 cm³/mol. The van der Waals surface area contributed by atoms with E-state index in [1.807, 2.05) is 35.8 Å². The van der Waals surface area contributed by atoms with E-state index in [0.717, 1.165) is 22.2 Å². The van der Waals surface area contributed by atoms with E-state index in [9.17, 15) is 13.6 Å². The molecule has 1 aromatic heterocycles. The summed E-state index contributed by atoms with van der Waals surface area (Å²) < 4.78 is 29.4. The number of nitrogens with zero attached hydrogens (tertiary/aromatic N) is 3. The number of hydrogen-bond acceptors (Lipinski definition) is 4. The number of nitrogens with one attached hydrogen (secondary N) is 1. The minimum Gasteiger partial charge on any atom is -0.323 e. The van der Waals surface area contributed by atoms with E-state index in [1.165, 1.54) is 17.8 Å². The molecule has 0 saturated carbocycles. The summed E-state index contributed by atoms with van der Waals surface area (Å²) in [5.74, 6) is -1.20. The molecular formula is C18H15BrF2N4OS. The molecule has 0 fully saturated rings. The Hall–Kier alpha value is -2.26. The van der Waals surface area contributed by atoms with Gasteiger partial charge in [-0.25, -0.2) is 8.78 Å². The van der Waals surface area contributed by atoms with Crippen LogP contribution in [0.1, 0.15) is 6.92 Å². The van der Waals surface area contributed by atoms with Gasteiger partial charge in [0.25, 0.3) is 0 Å². The van der Waals surface area contributed by atoms with Gasteiger partial charge in [0.1, 0.15) is 11.6 Å². The van der Waals surface area contributed by atoms with Crippen molar-refractivity contribution in [2.75, 3.05) is 11.1 Å². The highest BCUT2D eigenvalue weighted by Crippen LogP contribution is 2.25. The summed E-state index contributed by atoms with van der Waals surface area (Å²) in [5.41, 5.74) is 0.853. The molecule has 0 saturated heterocycles. The average molecular weight is 453 g/mol. The van der Waals surface area contributed by atoms with Gasteiger partial charge in [-0.15, -0.1) is 10.2 Å². The Kier molecular flexibility index (Phi) is 6.22. The topological polar surface area (TPSA) is 59.8 Å². The molecule has 1 heterocycles. The van der Waals surface area contributed by atoms with Crippen LogP contribution in [0, 0.1) is 11.6 Å². The molecule has 0 radical (unpaired) electrons. The van der Waals surface area contributed by atoms with Crippen molar-refractivity contribution < 1.29 is 13.6 Å². The summed E-state index contributed by atoms with van der Waals surface area (Å²) >= 11 is 4.60. The van der Waals surface area contributed by atoms with Crippen LogP contribution in [-0.4, -0.2) is 26.4 Å². The number of thioether (sulfide) groups is 1. The molecule has 27 heavy (non-hydrogen) atoms. The van der Waals surface area contributed by atoms with E-state index in [1.54, 1.807) is 0 Å². The zero-order valence-electron chi connectivity index (χ0n) is 14.2. The lowest BCUT2D eigenvalue weighted by atomic mass is 10.2. The van der Waals surface area contributed by atoms with Crippen LogP contribution >= 0.6 is 27.7 Å². The van der Waals surface area contributed by atoms with Crippen molar-refractivity contribution in [2.24, 2.45) is 0 Å². The van der Waals surface area contributed by atoms with Crippen molar-refractivity contribution in [3.63, 3.8) is 0 Å². The van der Waals surface area contributed by atoms with Crippen LogP contribution in [0.5, 0.6) is 0 Å². The first-order chi connectivity index (χ1) is 13.0. The molecule has 0 aliphatic heterocycles. The van der Waals surface area contributed by atoms with E-state index < -0.39 is 17.5 Å². The van der Waals surface area contributed by atoms with Crippen LogP contribution in [0.4, 0.5) is 14.5 Å². The van der Waals surface area contributed by atoms with E-state index in [2.05, 4.69) is 31.4 Å². The summed E-state index contributed by atoms with van der Waals surface area (Å²) in [7, 11) is 0. The highest BCUT2D eigenvalue weighted by molar-refractivity contribution is 9.10. The highest BCUT2D eigenvalue weighted by Gasteiger charge is 2.15. The molecule has 9 heteroatoms. The molecule has 2 aromatic carbocycles. The number of amides is 1. The molecular weight excluding hydrogens is 438 g/mol. The van der Waals surface area contributed by atoms with Gasteiger partial charge in [0, 0.05) is 22.6 Å². The molecule has 0 unspecified atom stereocenters. The molecule has 0 atom stereocenters. The van der Waals surface area contributed by atoms with Crippen molar-refractivity contribution in [1.29, 1.82) is 0 Å². The first-order valence-electron chi connectivity index (χ1n) is 8.04. The third-order valence-corrected chi connectivity index (χ3v) is 5.17. The largest absolute Gasteiger partial charge is 0.323 e. The number of carbonyl (C=O) groups is 1. The molecule has 140 valence electrons. The zero-order valence-corrected chi connectivity index (χ0v) is 16.7. The van der Waals surface area contributed by atoms with Crippen LogP contribution in [0.2, 0.25) is 0 Å². The number of anilines is 1. The molecule has 5 nitrogen and oxygen atoms in total. The summed E-state index contributed by atoms with van der Waals surface area (Å²) in [6, 6.07) is 10.7. The van der Waals surface area contributed by atoms with Gasteiger partial charge in [0.05, 0.1) is 11.4 Å². The Labute approximate surface area is 167 Å². The highest BCUT2D eigenvalue weighted by atomic mass is 79.9. The first-order valence-corrected chi connectivity index (χ1v) is 9.82. The fourth-order valence-corrected chi connectivity index (χ4v) is 3.47. The Morgan fingerprint density at radius 2 is 1.93 bits per heavy atom. The fourth-order valence-electron chi connectivity index (χ4n) is 2.40. The smallest absolute Gasteiger partial charge is 0.234 e. The van der Waals surface area contributed by atoms with Gasteiger partial charge < -0.3 is 9.88 Å². The van der Waals surface area contributed by atoms with Gasteiger partial charge in [-0.1, -0.05) is 39.8 Å². The second-order valence-corrected chi connectivity index (χ2v) is 7.38. The zero-order chi connectivity index (χ0) is 19.4. The minimum atomic E-state index is -0.817. The number of rotatable bonds is 6. The Balaban J connectivity index is 1.69. The maximum absolute atomic E-state index is 13.6. The Morgan fingerprint density at radius 3 is 2.59 bits per heavy atom. The van der Waals surface area contributed by atoms with Crippen molar-refractivity contribution in [3.8, 4) is 11.4 Å². The fraction of sp³-hybridized carbons (Fsp3) is 0.167. The van der Waals surface area contributed by atoms with Gasteiger partial charge in [-0.3, -0.25) is 4.79 Å². The second kappa shape index (κ2) is 8.62. The van der Waals surface area contributed by atoms with E-state index in [-0.39, 0.29) is 11.4 Å². The first kappa shape index (κ1) is 19.5. The van der Waals surface area contributed by atoms with Crippen LogP contribution in [0.15, 0.2) is 52.1 Å². The van der Waals surface area contributed by atoms with Gasteiger partial charge in [-0.05, 0) is 31.2 Å². The third-order valence-electron chi connectivity index (χ3n) is 3.67. The summed E-state index contributed by atoms with van der Waals surface area (Å²) in [6.07, 6.45) is 0. The molecule has 0 aliphatic rings. The minimum absolute atomic E-state index is 0.0231. The number of carbonyl (C=O) groups excluding carboxylic acids is 1. The van der Waals surface area contributed by atoms with E-state index in [4.69, 9.17) is 0 Å². The molecule has 0 aliphatic carbocycles. The van der Waals surface area contributed by atoms with Crippen LogP contribution in [-0.2, 0) is 11.3 Å². The quantitative estimate of drug-likeness (QED) is 0.548. The lowest BCUT2D eigenvalue weighted by molar-refractivity contribution is -0.113. The van der Waals surface area contributed by atoms with Gasteiger partial charge in [-0.2, -0.15) is 0 Å². The molecule has 3 aromatic rings. The molecule has 0 spiro atoms. The lowest BCUT2D eigenvalue weighted by Gasteiger charge is -2.08. The average Bonchev–Trinajstić information content (AvgIpc) is 3.06. The van der Waals surface area contributed by atoms with Crippen molar-refractivity contribution in [1.82, 2.24) is 14.8 Å². The number of aromatic nitrogens is 3. The summed E-state index contributed by atoms with van der Waals surface area (Å²) in [4.78, 5) is 12.1. The summed E-state index contributed by atoms with van der Waals surface area (Å²) in [5, 5.41) is 11.4. The Bertz CT molecular complexity index is 962. The van der Waals surface area contributed by atoms with Gasteiger partial charge >= 0.3 is 0 Å². The summed E-state index contributed by atoms with van der Waals surface area (Å²) in [6.45, 7) is 2.60. The monoisotopic (exact) mass is 452 g/mol. The van der Waals surface area contributed by atoms with E-state index in [0.29, 0.717) is 17.5 Å². The van der Waals surface area contributed by atoms with Crippen LogP contribution in [0.3, 0.4) is 0 Å². The maximum Gasteiger partial charge on any atom is 0.234 e. The van der Waals surface area contributed by atoms with Crippen molar-refractivity contribution in [3.05, 3.63) is 58.6 Å². The van der Waals surface area contributed by atoms with Crippen LogP contribution in [0.25, 0.3) is 11.4 Å². The number of hydrogen-bond donors (Lipinski definition) is 1. The molecule has 1 amide bonds. The van der Waals surface area contributed by atoms with Crippen molar-refractivity contribution >= 4 is 39.3 Å². The van der Waals surface area contributed by atoms with Crippen molar-refractivity contribution in [2.45, 2.75) is 18.6 Å². The second-order valence-electron chi connectivity index (χ2n) is 5.52. The lowest BCUT2D eigenvalue weighted by Crippen LogP contribution is -2.15.